The molecule has 0 spiro atoms. The van der Waals surface area contributed by atoms with Gasteiger partial charge in [0.1, 0.15) is 0 Å². The largest absolute Gasteiger partial charge is 0.342 e. The number of rotatable bonds is 8. The Morgan fingerprint density at radius 2 is 1.94 bits per heavy atom. The summed E-state index contributed by atoms with van der Waals surface area (Å²) in [5.74, 6) is 1.24. The Morgan fingerprint density at radius 3 is 2.75 bits per heavy atom. The Balaban J connectivity index is 1.59. The number of pyridine rings is 2. The molecule has 164 valence electrons. The van der Waals surface area contributed by atoms with Crippen LogP contribution in [0.3, 0.4) is 0 Å². The molecule has 0 saturated carbocycles. The van der Waals surface area contributed by atoms with Crippen molar-refractivity contribution in [3.8, 4) is 0 Å². The first kappa shape index (κ1) is 22.1. The number of nitrogens with zero attached hydrogens (tertiary/aromatic N) is 4. The molecule has 1 amide bonds. The fourth-order valence-corrected chi connectivity index (χ4v) is 4.11. The molecule has 0 aliphatic carbocycles. The number of carbonyl (C=O) groups excluding carboxylic acids is 1. The molecule has 4 aromatic rings. The monoisotopic (exact) mass is 467 g/mol. The lowest BCUT2D eigenvalue weighted by Gasteiger charge is -2.17. The third kappa shape index (κ3) is 4.87. The van der Waals surface area contributed by atoms with Crippen molar-refractivity contribution in [3.05, 3.63) is 99.3 Å². The first-order valence-electron chi connectivity index (χ1n) is 10.1. The number of benzene rings is 1. The van der Waals surface area contributed by atoms with Crippen LogP contribution >= 0.6 is 23.4 Å². The van der Waals surface area contributed by atoms with Gasteiger partial charge in [0.25, 0.3) is 11.5 Å². The molecule has 0 aliphatic rings. The van der Waals surface area contributed by atoms with Gasteiger partial charge in [-0.25, -0.2) is 0 Å². The Morgan fingerprint density at radius 1 is 1.12 bits per heavy atom. The Kier molecular flexibility index (Phi) is 6.92. The molecule has 0 radical (unpaired) electrons. The van der Waals surface area contributed by atoms with Gasteiger partial charge >= 0.3 is 0 Å². The molecular weight excluding hydrogens is 446 g/mol. The molecule has 32 heavy (non-hydrogen) atoms. The topological polar surface area (TPSA) is 81.3 Å². The van der Waals surface area contributed by atoms with Crippen LogP contribution in [-0.2, 0) is 6.54 Å². The lowest BCUT2D eigenvalue weighted by molar-refractivity contribution is 0.0933. The molecule has 1 atom stereocenters. The number of hydrogen-bond donors (Lipinski definition) is 1. The maximum absolute atomic E-state index is 13.1. The quantitative estimate of drug-likeness (QED) is 0.426. The van der Waals surface area contributed by atoms with Crippen molar-refractivity contribution in [1.29, 1.82) is 0 Å². The zero-order valence-electron chi connectivity index (χ0n) is 17.4. The normalized spacial score (nSPS) is 12.1. The molecule has 0 aliphatic heterocycles. The number of fused-ring (bicyclic) bond motifs is 1. The van der Waals surface area contributed by atoms with E-state index in [2.05, 4.69) is 15.5 Å². The van der Waals surface area contributed by atoms with Gasteiger partial charge in [-0.3, -0.25) is 14.0 Å². The average molecular weight is 468 g/mol. The minimum atomic E-state index is -0.323. The first-order chi connectivity index (χ1) is 15.6. The van der Waals surface area contributed by atoms with Crippen LogP contribution in [0.15, 0.2) is 71.8 Å². The molecule has 0 saturated heterocycles. The molecule has 1 N–H and O–H groups in total. The highest BCUT2D eigenvalue weighted by Gasteiger charge is 2.21. The van der Waals surface area contributed by atoms with Crippen molar-refractivity contribution in [2.45, 2.75) is 19.0 Å². The van der Waals surface area contributed by atoms with E-state index in [-0.39, 0.29) is 24.1 Å². The minimum absolute atomic E-state index is 0.205. The number of carbonyl (C=O) groups is 1. The lowest BCUT2D eigenvalue weighted by Crippen LogP contribution is -2.31. The summed E-state index contributed by atoms with van der Waals surface area (Å²) >= 11 is 7.93. The third-order valence-electron chi connectivity index (χ3n) is 5.11. The summed E-state index contributed by atoms with van der Waals surface area (Å²) in [5, 5.41) is 12.2. The van der Waals surface area contributed by atoms with E-state index in [0.29, 0.717) is 22.8 Å². The smallest absolute Gasteiger partial charge is 0.253 e. The van der Waals surface area contributed by atoms with E-state index < -0.39 is 0 Å². The van der Waals surface area contributed by atoms with E-state index in [1.54, 1.807) is 24.0 Å². The summed E-state index contributed by atoms with van der Waals surface area (Å²) in [6, 6.07) is 15.6. The molecule has 1 unspecified atom stereocenters. The molecule has 1 aromatic carbocycles. The van der Waals surface area contributed by atoms with E-state index in [4.69, 9.17) is 11.6 Å². The van der Waals surface area contributed by atoms with E-state index in [1.165, 1.54) is 16.7 Å². The minimum Gasteiger partial charge on any atom is -0.342 e. The summed E-state index contributed by atoms with van der Waals surface area (Å²) in [4.78, 5) is 25.5. The van der Waals surface area contributed by atoms with Gasteiger partial charge in [0.05, 0.1) is 18.2 Å². The second kappa shape index (κ2) is 10.0. The molecule has 0 fully saturated rings. The lowest BCUT2D eigenvalue weighted by atomic mass is 10.1. The Bertz CT molecular complexity index is 1300. The van der Waals surface area contributed by atoms with Gasteiger partial charge in [0, 0.05) is 23.5 Å². The highest BCUT2D eigenvalue weighted by atomic mass is 35.5. The summed E-state index contributed by atoms with van der Waals surface area (Å²) in [6.07, 6.45) is 6.16. The van der Waals surface area contributed by atoms with E-state index in [0.717, 1.165) is 17.0 Å². The number of thioether (sulfide) groups is 1. The van der Waals surface area contributed by atoms with Crippen molar-refractivity contribution in [3.63, 3.8) is 0 Å². The van der Waals surface area contributed by atoms with Crippen LogP contribution < -0.4 is 10.9 Å². The van der Waals surface area contributed by atoms with Crippen molar-refractivity contribution < 1.29 is 4.79 Å². The molecule has 3 aromatic heterocycles. The van der Waals surface area contributed by atoms with Crippen molar-refractivity contribution in [2.75, 3.05) is 12.0 Å². The maximum Gasteiger partial charge on any atom is 0.253 e. The van der Waals surface area contributed by atoms with Crippen LogP contribution in [0, 0.1) is 0 Å². The predicted molar refractivity (Wildman–Crippen MR) is 127 cm³/mol. The second-order valence-corrected chi connectivity index (χ2v) is 8.66. The molecule has 7 nitrogen and oxygen atoms in total. The predicted octanol–water partition coefficient (Wildman–Crippen LogP) is 3.82. The van der Waals surface area contributed by atoms with Crippen LogP contribution in [0.25, 0.3) is 5.65 Å². The van der Waals surface area contributed by atoms with Gasteiger partial charge in [0.15, 0.2) is 11.5 Å². The molecule has 3 heterocycles. The van der Waals surface area contributed by atoms with E-state index >= 15 is 0 Å². The number of amides is 1. The first-order valence-corrected chi connectivity index (χ1v) is 11.9. The highest BCUT2D eigenvalue weighted by Crippen LogP contribution is 2.19. The van der Waals surface area contributed by atoms with Crippen molar-refractivity contribution in [1.82, 2.24) is 24.5 Å². The van der Waals surface area contributed by atoms with Crippen LogP contribution in [0.2, 0.25) is 5.02 Å². The van der Waals surface area contributed by atoms with E-state index in [9.17, 15) is 9.59 Å². The van der Waals surface area contributed by atoms with Crippen molar-refractivity contribution in [2.24, 2.45) is 0 Å². The summed E-state index contributed by atoms with van der Waals surface area (Å²) in [7, 11) is 0. The average Bonchev–Trinajstić information content (AvgIpc) is 3.23. The van der Waals surface area contributed by atoms with Gasteiger partial charge < -0.3 is 9.88 Å². The Labute approximate surface area is 194 Å². The fraction of sp³-hybridized carbons (Fsp3) is 0.217. The van der Waals surface area contributed by atoms with Crippen LogP contribution in [-0.4, -0.2) is 37.1 Å². The van der Waals surface area contributed by atoms with Crippen LogP contribution in [0.4, 0.5) is 0 Å². The van der Waals surface area contributed by atoms with Gasteiger partial charge in [0.2, 0.25) is 0 Å². The molecule has 9 heteroatoms. The molecule has 0 bridgehead atoms. The second-order valence-electron chi connectivity index (χ2n) is 7.27. The number of nitrogens with one attached hydrogen (secondary N) is 1. The van der Waals surface area contributed by atoms with Crippen LogP contribution in [0.5, 0.6) is 0 Å². The summed E-state index contributed by atoms with van der Waals surface area (Å²) in [6.45, 7) is 0.282. The summed E-state index contributed by atoms with van der Waals surface area (Å²) < 4.78 is 3.36. The van der Waals surface area contributed by atoms with Gasteiger partial charge in [-0.2, -0.15) is 11.8 Å². The van der Waals surface area contributed by atoms with E-state index in [1.807, 2.05) is 53.3 Å². The van der Waals surface area contributed by atoms with Gasteiger partial charge in [-0.15, -0.1) is 10.2 Å². The highest BCUT2D eigenvalue weighted by molar-refractivity contribution is 7.98. The SMILES string of the molecule is CSCCC(NC(=O)c1ccc(=O)n(Cc2ccccc2Cl)c1)c1nnc2ccccn12. The molecule has 4 rings (SSSR count). The standard InChI is InChI=1S/C23H22ClN5O2S/c1-32-13-11-19(22-27-26-20-8-4-5-12-29(20)22)25-23(31)17-9-10-21(30)28(15-17)14-16-6-2-3-7-18(16)24/h2-10,12,15,19H,11,13-14H2,1H3,(H,25,31). The number of hydrogen-bond acceptors (Lipinski definition) is 5. The zero-order chi connectivity index (χ0) is 22.5. The number of aromatic nitrogens is 4. The third-order valence-corrected chi connectivity index (χ3v) is 6.12. The fourth-order valence-electron chi connectivity index (χ4n) is 3.44. The van der Waals surface area contributed by atoms with Gasteiger partial charge in [-0.1, -0.05) is 35.9 Å². The summed E-state index contributed by atoms with van der Waals surface area (Å²) in [5.41, 5.74) is 1.71. The molecular formula is C23H22ClN5O2S. The number of halogens is 1. The maximum atomic E-state index is 13.1. The van der Waals surface area contributed by atoms with Crippen molar-refractivity contribution >= 4 is 34.9 Å². The Hall–Kier alpha value is -3.10. The van der Waals surface area contributed by atoms with Gasteiger partial charge in [-0.05, 0) is 48.3 Å². The zero-order valence-corrected chi connectivity index (χ0v) is 19.0. The van der Waals surface area contributed by atoms with Crippen LogP contribution in [0.1, 0.15) is 34.2 Å².